The highest BCUT2D eigenvalue weighted by atomic mass is 35.5. The summed E-state index contributed by atoms with van der Waals surface area (Å²) in [6.07, 6.45) is 1.25. The first-order valence-corrected chi connectivity index (χ1v) is 7.62. The molecular weight excluding hydrogens is 278 g/mol. The number of halogens is 1. The molecule has 1 heterocycles. The fourth-order valence-corrected chi connectivity index (χ4v) is 2.79. The van der Waals surface area contributed by atoms with E-state index in [-0.39, 0.29) is 0 Å². The lowest BCUT2D eigenvalue weighted by atomic mass is 10.3. The first-order chi connectivity index (χ1) is 9.19. The number of nitrogens with zero attached hydrogens (tertiary/aromatic N) is 1. The number of nitrogens with one attached hydrogen (secondary N) is 2. The lowest BCUT2D eigenvalue weighted by molar-refractivity contribution is -0.903. The van der Waals surface area contributed by atoms with E-state index in [1.54, 1.807) is 4.90 Å². The lowest BCUT2D eigenvalue weighted by Crippen LogP contribution is -3.14. The van der Waals surface area contributed by atoms with Crippen LogP contribution in [-0.4, -0.2) is 42.7 Å². The van der Waals surface area contributed by atoms with Crippen LogP contribution in [0.1, 0.15) is 13.3 Å². The number of hydrogen-bond acceptors (Lipinski definition) is 1. The van der Waals surface area contributed by atoms with E-state index in [1.807, 2.05) is 24.3 Å². The van der Waals surface area contributed by atoms with Gasteiger partial charge in [-0.25, -0.2) is 0 Å². The Hall–Kier alpha value is -0.840. The summed E-state index contributed by atoms with van der Waals surface area (Å²) >= 11 is 11.3. The molecule has 1 fully saturated rings. The van der Waals surface area contributed by atoms with Crippen LogP contribution in [0.5, 0.6) is 0 Å². The molecule has 0 aromatic heterocycles. The van der Waals surface area contributed by atoms with E-state index in [4.69, 9.17) is 23.8 Å². The largest absolute Gasteiger partial charge is 0.338 e. The van der Waals surface area contributed by atoms with Crippen LogP contribution in [-0.2, 0) is 0 Å². The highest BCUT2D eigenvalue weighted by Crippen LogP contribution is 2.13. The average Bonchev–Trinajstić information content (AvgIpc) is 2.42. The third-order valence-corrected chi connectivity index (χ3v) is 4.07. The second-order valence-electron chi connectivity index (χ2n) is 4.92. The first-order valence-electron chi connectivity index (χ1n) is 6.84. The molecule has 1 saturated heterocycles. The molecule has 3 nitrogen and oxygen atoms in total. The Morgan fingerprint density at radius 2 is 1.95 bits per heavy atom. The number of piperazine rings is 1. The van der Waals surface area contributed by atoms with Crippen LogP contribution in [0.25, 0.3) is 0 Å². The number of benzene rings is 1. The molecule has 0 radical (unpaired) electrons. The van der Waals surface area contributed by atoms with Gasteiger partial charge in [0.1, 0.15) is 0 Å². The normalized spacial score (nSPS) is 16.4. The van der Waals surface area contributed by atoms with Crippen molar-refractivity contribution in [2.45, 2.75) is 13.3 Å². The fraction of sp³-hybridized carbons (Fsp3) is 0.500. The van der Waals surface area contributed by atoms with Gasteiger partial charge in [0.25, 0.3) is 0 Å². The van der Waals surface area contributed by atoms with Crippen molar-refractivity contribution in [1.29, 1.82) is 0 Å². The fourth-order valence-electron chi connectivity index (χ4n) is 2.37. The highest BCUT2D eigenvalue weighted by Gasteiger charge is 2.20. The molecule has 104 valence electrons. The third kappa shape index (κ3) is 4.34. The van der Waals surface area contributed by atoms with Crippen molar-refractivity contribution in [2.24, 2.45) is 0 Å². The standard InChI is InChI=1S/C14H20ClN3S/c1-2-7-17-8-10-18(11-9-17)14(19)16-13-5-3-12(15)4-6-13/h3-6H,2,7-11H2,1H3,(H,16,19)/p+1. The summed E-state index contributed by atoms with van der Waals surface area (Å²) in [6.45, 7) is 7.94. The molecule has 2 rings (SSSR count). The molecule has 1 aliphatic rings. The average molecular weight is 299 g/mol. The van der Waals surface area contributed by atoms with E-state index < -0.39 is 0 Å². The van der Waals surface area contributed by atoms with Crippen molar-refractivity contribution < 1.29 is 4.90 Å². The molecule has 0 saturated carbocycles. The van der Waals surface area contributed by atoms with Crippen LogP contribution in [0.2, 0.25) is 5.02 Å². The molecule has 19 heavy (non-hydrogen) atoms. The molecule has 0 bridgehead atoms. The molecule has 5 heteroatoms. The quantitative estimate of drug-likeness (QED) is 0.828. The minimum Gasteiger partial charge on any atom is -0.338 e. The van der Waals surface area contributed by atoms with Gasteiger partial charge in [0.2, 0.25) is 0 Å². The third-order valence-electron chi connectivity index (χ3n) is 3.46. The molecule has 0 atom stereocenters. The van der Waals surface area contributed by atoms with Crippen molar-refractivity contribution >= 4 is 34.6 Å². The molecule has 1 aromatic carbocycles. The molecule has 0 aliphatic carbocycles. The van der Waals surface area contributed by atoms with E-state index in [0.29, 0.717) is 0 Å². The second-order valence-corrected chi connectivity index (χ2v) is 5.75. The first kappa shape index (κ1) is 14.6. The summed E-state index contributed by atoms with van der Waals surface area (Å²) in [6, 6.07) is 7.64. The highest BCUT2D eigenvalue weighted by molar-refractivity contribution is 7.80. The Morgan fingerprint density at radius 1 is 1.32 bits per heavy atom. The Bertz CT molecular complexity index is 413. The Balaban J connectivity index is 1.83. The zero-order chi connectivity index (χ0) is 13.7. The van der Waals surface area contributed by atoms with Gasteiger partial charge in [0.05, 0.1) is 32.7 Å². The van der Waals surface area contributed by atoms with E-state index in [9.17, 15) is 0 Å². The molecule has 1 aliphatic heterocycles. The zero-order valence-corrected chi connectivity index (χ0v) is 12.9. The Labute approximate surface area is 125 Å². The summed E-state index contributed by atoms with van der Waals surface area (Å²) in [5.74, 6) is 0. The van der Waals surface area contributed by atoms with Gasteiger partial charge in [0, 0.05) is 10.7 Å². The van der Waals surface area contributed by atoms with Crippen LogP contribution in [0.3, 0.4) is 0 Å². The Morgan fingerprint density at radius 3 is 2.53 bits per heavy atom. The van der Waals surface area contributed by atoms with Gasteiger partial charge in [-0.2, -0.15) is 0 Å². The predicted molar refractivity (Wildman–Crippen MR) is 85.1 cm³/mol. The van der Waals surface area contributed by atoms with Crippen LogP contribution >= 0.6 is 23.8 Å². The van der Waals surface area contributed by atoms with Gasteiger partial charge in [-0.05, 0) is 42.9 Å². The van der Waals surface area contributed by atoms with Gasteiger partial charge in [-0.1, -0.05) is 18.5 Å². The molecule has 1 aromatic rings. The van der Waals surface area contributed by atoms with Gasteiger partial charge in [0.15, 0.2) is 5.11 Å². The molecular formula is C14H21ClN3S+. The molecule has 0 amide bonds. The summed E-state index contributed by atoms with van der Waals surface area (Å²) in [7, 11) is 0. The van der Waals surface area contributed by atoms with Crippen LogP contribution in [0.4, 0.5) is 5.69 Å². The van der Waals surface area contributed by atoms with Crippen molar-refractivity contribution in [1.82, 2.24) is 4.90 Å². The SMILES string of the molecule is CCC[NH+]1CCN(C(=S)Nc2ccc(Cl)cc2)CC1. The predicted octanol–water partition coefficient (Wildman–Crippen LogP) is 1.65. The van der Waals surface area contributed by atoms with Crippen molar-refractivity contribution in [3.63, 3.8) is 0 Å². The summed E-state index contributed by atoms with van der Waals surface area (Å²) in [4.78, 5) is 3.94. The second kappa shape index (κ2) is 7.08. The number of thiocarbonyl (C=S) groups is 1. The minimum atomic E-state index is 0.744. The van der Waals surface area contributed by atoms with Crippen LogP contribution in [0, 0.1) is 0 Å². The van der Waals surface area contributed by atoms with E-state index in [1.165, 1.54) is 26.1 Å². The molecule has 2 N–H and O–H groups in total. The van der Waals surface area contributed by atoms with Crippen molar-refractivity contribution in [3.8, 4) is 0 Å². The van der Waals surface area contributed by atoms with E-state index in [0.717, 1.165) is 28.9 Å². The summed E-state index contributed by atoms with van der Waals surface area (Å²) in [5.41, 5.74) is 0.998. The Kier molecular flexibility index (Phi) is 5.43. The number of rotatable bonds is 3. The summed E-state index contributed by atoms with van der Waals surface area (Å²) < 4.78 is 0. The van der Waals surface area contributed by atoms with Gasteiger partial charge in [-0.15, -0.1) is 0 Å². The minimum absolute atomic E-state index is 0.744. The van der Waals surface area contributed by atoms with Crippen molar-refractivity contribution in [2.75, 3.05) is 38.0 Å². The van der Waals surface area contributed by atoms with E-state index >= 15 is 0 Å². The summed E-state index contributed by atoms with van der Waals surface area (Å²) in [5, 5.41) is 4.84. The zero-order valence-electron chi connectivity index (χ0n) is 11.3. The maximum Gasteiger partial charge on any atom is 0.173 e. The van der Waals surface area contributed by atoms with Crippen LogP contribution in [0.15, 0.2) is 24.3 Å². The smallest absolute Gasteiger partial charge is 0.173 e. The molecule has 0 spiro atoms. The monoisotopic (exact) mass is 298 g/mol. The number of hydrogen-bond donors (Lipinski definition) is 2. The number of quaternary nitrogens is 1. The van der Waals surface area contributed by atoms with Crippen LogP contribution < -0.4 is 10.2 Å². The lowest BCUT2D eigenvalue weighted by Gasteiger charge is -2.33. The maximum atomic E-state index is 5.87. The van der Waals surface area contributed by atoms with Crippen molar-refractivity contribution in [3.05, 3.63) is 29.3 Å². The van der Waals surface area contributed by atoms with Gasteiger partial charge >= 0.3 is 0 Å². The molecule has 0 unspecified atom stereocenters. The van der Waals surface area contributed by atoms with Gasteiger partial charge in [-0.3, -0.25) is 0 Å². The number of anilines is 1. The topological polar surface area (TPSA) is 19.7 Å². The maximum absolute atomic E-state index is 5.87. The van der Waals surface area contributed by atoms with E-state index in [2.05, 4.69) is 17.1 Å². The van der Waals surface area contributed by atoms with Gasteiger partial charge < -0.3 is 15.1 Å².